The van der Waals surface area contributed by atoms with Crippen LogP contribution in [-0.4, -0.2) is 278 Å². The Morgan fingerprint density at radius 1 is 0.467 bits per heavy atom. The SMILES string of the molecule is COP([O-])(=S)OCCCOCC(COCCCOP(=O)([S-])OCCCCO[C@@H]1OC(CO)[C@H](O)[C@H](O)C1C)(COCCCOP([O-])(=S)OCCCCO[C@@H]1OC(CO)[C@H](O)[C@H](O)C1NC(C)=O)COCCCOP([O-])(=S)OCCCO[C@@H]1OC(CO)[C@H](O)[C@H](O)C1C. The van der Waals surface area contributed by atoms with E-state index in [9.17, 15) is 70.0 Å². The van der Waals surface area contributed by atoms with Gasteiger partial charge in [0.1, 0.15) is 68.9 Å². The Morgan fingerprint density at radius 2 is 0.761 bits per heavy atom. The van der Waals surface area contributed by atoms with E-state index in [2.05, 4.69) is 5.32 Å². The zero-order valence-corrected chi connectivity index (χ0v) is 59.1. The second-order valence-electron chi connectivity index (χ2n) is 21.9. The number of aliphatic hydroxyl groups is 9. The summed E-state index contributed by atoms with van der Waals surface area (Å²) in [6.07, 6.45) is -11.5. The monoisotopic (exact) mass is 1490 g/mol. The van der Waals surface area contributed by atoms with Gasteiger partial charge in [0.2, 0.25) is 5.91 Å². The fraction of sp³-hybridized carbons (Fsp3) is 0.980. The van der Waals surface area contributed by atoms with Gasteiger partial charge in [-0.1, -0.05) is 49.3 Å². The van der Waals surface area contributed by atoms with Crippen LogP contribution in [0.1, 0.15) is 78.6 Å². The smallest absolute Gasteiger partial charge is 0.217 e. The number of hydrogen-bond acceptors (Lipinski definition) is 36. The van der Waals surface area contributed by atoms with E-state index >= 15 is 0 Å². The van der Waals surface area contributed by atoms with Crippen LogP contribution in [0.3, 0.4) is 0 Å². The standard InChI is InChI=1S/C51H101NO32P4S4/c1-35-42(57)44(59)38(28-53)82-48(35)72-18-5-7-21-76-86(64,90)78-24-10-15-69-32-51(31-68-14-9-23-75-85(63,89)67-4,34-71-17-12-26-80-88(66,92)81-27-13-20-73-49-36(2)43(58)45(60)39(29-54)83-49)33-70-16-11-25-79-87(65,91)77-22-8-6-19-74-50-41(52-37(3)56)47(62)46(61)40(30-55)84-50/h35-36,38-50,53-55,57-62H,5-34H2,1-4H3,(H,52,56)(H,63,89)(H,64,90)(H,65,91)(H,66,92)/p-4/t35?,36?,38?,39?,40?,41?,42-,43-,44+,45+,46+,47-,48-,49-,50-,51?,85?,86?,87?,88?/m1/s1. The second kappa shape index (κ2) is 46.3. The molecule has 41 heteroatoms. The lowest BCUT2D eigenvalue weighted by molar-refractivity contribution is -0.282. The molecule has 0 aromatic carbocycles. The lowest BCUT2D eigenvalue weighted by Gasteiger charge is -2.42. The fourth-order valence-electron chi connectivity index (χ4n) is 8.95. The van der Waals surface area contributed by atoms with Crippen LogP contribution in [0.2, 0.25) is 0 Å². The molecule has 20 atom stereocenters. The molecule has 546 valence electrons. The van der Waals surface area contributed by atoms with E-state index in [4.69, 9.17) is 131 Å². The molecule has 0 aromatic heterocycles. The van der Waals surface area contributed by atoms with Crippen molar-refractivity contribution in [3.05, 3.63) is 0 Å². The Balaban J connectivity index is 1.55. The minimum atomic E-state index is -3.97. The molecular weight excluding hydrogens is 1390 g/mol. The topological polar surface area (TPSA) is 464 Å². The van der Waals surface area contributed by atoms with Gasteiger partial charge in [-0.2, -0.15) is 0 Å². The van der Waals surface area contributed by atoms with Crippen molar-refractivity contribution in [2.75, 3.05) is 146 Å². The number of carbonyl (C=O) groups excluding carboxylic acids is 1. The summed E-state index contributed by atoms with van der Waals surface area (Å²) in [5.41, 5.74) is -1.06. The molecule has 0 aliphatic carbocycles. The number of nitrogens with one attached hydrogen (secondary N) is 1. The van der Waals surface area contributed by atoms with Crippen LogP contribution >= 0.6 is 27.0 Å². The van der Waals surface area contributed by atoms with Crippen molar-refractivity contribution < 1.29 is 154 Å². The Kier molecular flexibility index (Phi) is 43.8. The van der Waals surface area contributed by atoms with Crippen molar-refractivity contribution in [2.24, 2.45) is 17.3 Å². The summed E-state index contributed by atoms with van der Waals surface area (Å²) in [5.74, 6) is -1.68. The van der Waals surface area contributed by atoms with Crippen LogP contribution in [0, 0.1) is 17.3 Å². The molecule has 33 nitrogen and oxygen atoms in total. The van der Waals surface area contributed by atoms with Gasteiger partial charge in [0.05, 0.1) is 117 Å². The zero-order valence-electron chi connectivity index (χ0n) is 52.2. The van der Waals surface area contributed by atoms with Crippen molar-refractivity contribution in [1.29, 1.82) is 0 Å². The maximum Gasteiger partial charge on any atom is 0.217 e. The molecule has 3 aliphatic heterocycles. The molecule has 3 aliphatic rings. The predicted octanol–water partition coefficient (Wildman–Crippen LogP) is -2.13. The molecule has 3 rings (SSSR count). The van der Waals surface area contributed by atoms with E-state index in [1.54, 1.807) is 13.8 Å². The van der Waals surface area contributed by atoms with Gasteiger partial charge in [-0.3, -0.25) is 9.36 Å². The highest BCUT2D eigenvalue weighted by Gasteiger charge is 2.46. The maximum atomic E-state index is 13.0. The number of amides is 1. The molecule has 0 radical (unpaired) electrons. The van der Waals surface area contributed by atoms with Gasteiger partial charge >= 0.3 is 0 Å². The minimum absolute atomic E-state index is 0.0222. The van der Waals surface area contributed by atoms with Crippen molar-refractivity contribution in [2.45, 2.75) is 158 Å². The third-order valence-electron chi connectivity index (χ3n) is 14.2. The van der Waals surface area contributed by atoms with Gasteiger partial charge in [-0.25, -0.2) is 0 Å². The number of ether oxygens (including phenoxy) is 10. The van der Waals surface area contributed by atoms with Gasteiger partial charge in [-0.05, 0) is 57.8 Å². The quantitative estimate of drug-likeness (QED) is 0.0177. The summed E-state index contributed by atoms with van der Waals surface area (Å²) in [4.78, 5) is 49.8. The molecule has 1 amide bonds. The summed E-state index contributed by atoms with van der Waals surface area (Å²) in [6, 6.07) is -1.12. The molecule has 0 spiro atoms. The van der Waals surface area contributed by atoms with Crippen LogP contribution in [0.5, 0.6) is 0 Å². The molecular formula is C51H97NO32P4S4-4. The van der Waals surface area contributed by atoms with Crippen LogP contribution in [0.15, 0.2) is 0 Å². The van der Waals surface area contributed by atoms with E-state index in [1.165, 1.54) is 14.0 Å². The maximum absolute atomic E-state index is 13.0. The lowest BCUT2D eigenvalue weighted by Crippen LogP contribution is -2.64. The summed E-state index contributed by atoms with van der Waals surface area (Å²) in [5, 5.41) is 92.5. The number of carbonyl (C=O) groups is 1. The van der Waals surface area contributed by atoms with E-state index in [1.807, 2.05) is 0 Å². The third kappa shape index (κ3) is 34.0. The van der Waals surface area contributed by atoms with Gasteiger partial charge in [0.15, 0.2) is 25.7 Å². The van der Waals surface area contributed by atoms with E-state index in [-0.39, 0.29) is 151 Å². The van der Waals surface area contributed by atoms with Crippen molar-refractivity contribution >= 4 is 80.5 Å². The van der Waals surface area contributed by atoms with Gasteiger partial charge < -0.3 is 162 Å². The molecule has 3 heterocycles. The highest BCUT2D eigenvalue weighted by molar-refractivity contribution is 8.32. The average molecular weight is 1490 g/mol. The Hall–Kier alpha value is 0.800. The number of unbranched alkanes of at least 4 members (excludes halogenated alkanes) is 2. The molecule has 92 heavy (non-hydrogen) atoms. The van der Waals surface area contributed by atoms with Gasteiger partial charge in [0, 0.05) is 65.5 Å². The third-order valence-corrected chi connectivity index (χ3v) is 20.8. The Morgan fingerprint density at radius 3 is 1.13 bits per heavy atom. The predicted molar refractivity (Wildman–Crippen MR) is 331 cm³/mol. The molecule has 0 aromatic rings. The van der Waals surface area contributed by atoms with Crippen LogP contribution < -0.4 is 20.0 Å². The van der Waals surface area contributed by atoms with Crippen LogP contribution in [0.25, 0.3) is 0 Å². The van der Waals surface area contributed by atoms with Gasteiger partial charge in [0.25, 0.3) is 0 Å². The molecule has 0 bridgehead atoms. The normalized spacial score (nSPS) is 30.4. The number of aliphatic hydroxyl groups excluding tert-OH is 9. The molecule has 11 unspecified atom stereocenters. The zero-order chi connectivity index (χ0) is 68.4. The van der Waals surface area contributed by atoms with Crippen molar-refractivity contribution in [3.63, 3.8) is 0 Å². The Labute approximate surface area is 558 Å². The first-order valence-electron chi connectivity index (χ1n) is 30.2. The minimum Gasteiger partial charge on any atom is -0.780 e. The molecule has 0 saturated carbocycles. The largest absolute Gasteiger partial charge is 0.780 e. The van der Waals surface area contributed by atoms with Crippen LogP contribution in [-0.2, 0) is 141 Å². The molecule has 10 N–H and O–H groups in total. The highest BCUT2D eigenvalue weighted by atomic mass is 32.7. The highest BCUT2D eigenvalue weighted by Crippen LogP contribution is 2.46. The lowest BCUT2D eigenvalue weighted by atomic mass is 9.92. The molecule has 3 saturated heterocycles. The second-order valence-corrected chi connectivity index (χ2v) is 33.0. The van der Waals surface area contributed by atoms with Crippen molar-refractivity contribution in [1.82, 2.24) is 5.32 Å². The van der Waals surface area contributed by atoms with E-state index in [0.717, 1.165) is 0 Å². The fourth-order valence-corrected chi connectivity index (χ4v) is 13.3. The number of rotatable bonds is 53. The first kappa shape index (κ1) is 87.0. The summed E-state index contributed by atoms with van der Waals surface area (Å²) in [6.45, 7) is -13.1. The first-order chi connectivity index (χ1) is 43.6. The van der Waals surface area contributed by atoms with E-state index < -0.39 is 150 Å². The molecule has 3 fully saturated rings. The summed E-state index contributed by atoms with van der Waals surface area (Å²) < 4.78 is 113. The van der Waals surface area contributed by atoms with E-state index in [0.29, 0.717) is 25.7 Å². The Bertz CT molecular complexity index is 2200. The van der Waals surface area contributed by atoms with Crippen LogP contribution in [0.4, 0.5) is 0 Å². The first-order valence-corrected chi connectivity index (χ1v) is 40.4. The summed E-state index contributed by atoms with van der Waals surface area (Å²) in [7, 11) is 1.17. The van der Waals surface area contributed by atoms with Crippen molar-refractivity contribution in [3.8, 4) is 0 Å². The number of hydrogen-bond donors (Lipinski definition) is 10. The van der Waals surface area contributed by atoms with Gasteiger partial charge in [-0.15, -0.1) is 0 Å². The summed E-state index contributed by atoms with van der Waals surface area (Å²) >= 11 is 20.1. The average Bonchev–Trinajstić information content (AvgIpc) is 0.862.